The van der Waals surface area contributed by atoms with E-state index in [2.05, 4.69) is 0 Å². The molecule has 0 amide bonds. The van der Waals surface area contributed by atoms with Gasteiger partial charge in [-0.15, -0.1) is 0 Å². The molecule has 5 nitrogen and oxygen atoms in total. The zero-order chi connectivity index (χ0) is 14.6. The fraction of sp³-hybridized carbons (Fsp3) is 0.462. The highest BCUT2D eigenvalue weighted by Gasteiger charge is 2.22. The molecule has 1 aromatic rings. The largest absolute Gasteiger partial charge is 0.459 e. The van der Waals surface area contributed by atoms with Crippen LogP contribution in [0.2, 0.25) is 5.02 Å². The lowest BCUT2D eigenvalue weighted by atomic mass is 10.1. The molecule has 0 heterocycles. The van der Waals surface area contributed by atoms with E-state index in [1.54, 1.807) is 6.92 Å². The number of hydrogen-bond donors (Lipinski definition) is 0. The first-order chi connectivity index (χ1) is 8.82. The SMILES string of the molecule is CC(C)CC(C)OC(=O)c1cccc([N+](=O)[O-])c1Cl. The van der Waals surface area contributed by atoms with Crippen molar-refractivity contribution in [1.29, 1.82) is 0 Å². The molecule has 0 saturated heterocycles. The lowest BCUT2D eigenvalue weighted by Gasteiger charge is -2.15. The van der Waals surface area contributed by atoms with Gasteiger partial charge in [-0.2, -0.15) is 0 Å². The Bertz CT molecular complexity index is 488. The first-order valence-electron chi connectivity index (χ1n) is 5.96. The normalized spacial score (nSPS) is 12.3. The van der Waals surface area contributed by atoms with Crippen LogP contribution in [0, 0.1) is 16.0 Å². The number of rotatable bonds is 5. The molecule has 1 atom stereocenters. The van der Waals surface area contributed by atoms with E-state index < -0.39 is 10.9 Å². The van der Waals surface area contributed by atoms with Crippen LogP contribution < -0.4 is 0 Å². The van der Waals surface area contributed by atoms with Crippen LogP contribution in [0.3, 0.4) is 0 Å². The maximum atomic E-state index is 11.9. The van der Waals surface area contributed by atoms with Crippen LogP contribution in [0.5, 0.6) is 0 Å². The summed E-state index contributed by atoms with van der Waals surface area (Å²) in [6, 6.07) is 4.07. The quantitative estimate of drug-likeness (QED) is 0.468. The van der Waals surface area contributed by atoms with E-state index >= 15 is 0 Å². The topological polar surface area (TPSA) is 69.4 Å². The van der Waals surface area contributed by atoms with Gasteiger partial charge in [0.05, 0.1) is 16.6 Å². The summed E-state index contributed by atoms with van der Waals surface area (Å²) in [6.07, 6.45) is 0.459. The zero-order valence-corrected chi connectivity index (χ0v) is 11.8. The summed E-state index contributed by atoms with van der Waals surface area (Å²) >= 11 is 5.85. The summed E-state index contributed by atoms with van der Waals surface area (Å²) in [6.45, 7) is 5.82. The van der Waals surface area contributed by atoms with Crippen LogP contribution in [0.15, 0.2) is 18.2 Å². The molecule has 0 saturated carbocycles. The molecule has 0 aliphatic carbocycles. The summed E-state index contributed by atoms with van der Waals surface area (Å²) in [5, 5.41) is 10.5. The molecular formula is C13H16ClNO4. The van der Waals surface area contributed by atoms with Crippen molar-refractivity contribution in [2.24, 2.45) is 5.92 Å². The highest BCUT2D eigenvalue weighted by Crippen LogP contribution is 2.28. The third kappa shape index (κ3) is 4.21. The van der Waals surface area contributed by atoms with Crippen LogP contribution in [0.25, 0.3) is 0 Å². The summed E-state index contributed by atoms with van der Waals surface area (Å²) in [5.74, 6) is -0.245. The predicted molar refractivity (Wildman–Crippen MR) is 72.4 cm³/mol. The number of nitrogens with zero attached hydrogens (tertiary/aromatic N) is 1. The monoisotopic (exact) mass is 285 g/mol. The molecule has 0 aliphatic heterocycles. The van der Waals surface area contributed by atoms with Crippen molar-refractivity contribution in [3.8, 4) is 0 Å². The van der Waals surface area contributed by atoms with Crippen molar-refractivity contribution in [3.63, 3.8) is 0 Å². The number of nitro groups is 1. The number of ether oxygens (including phenoxy) is 1. The van der Waals surface area contributed by atoms with Crippen molar-refractivity contribution in [3.05, 3.63) is 38.9 Å². The second-order valence-electron chi connectivity index (χ2n) is 4.74. The minimum absolute atomic E-state index is 0.0199. The van der Waals surface area contributed by atoms with Crippen molar-refractivity contribution in [1.82, 2.24) is 0 Å². The van der Waals surface area contributed by atoms with E-state index in [1.165, 1.54) is 18.2 Å². The van der Waals surface area contributed by atoms with Crippen LogP contribution >= 0.6 is 11.6 Å². The van der Waals surface area contributed by atoms with Crippen molar-refractivity contribution in [2.75, 3.05) is 0 Å². The van der Waals surface area contributed by atoms with E-state index in [4.69, 9.17) is 16.3 Å². The molecule has 1 unspecified atom stereocenters. The van der Waals surface area contributed by atoms with E-state index in [0.29, 0.717) is 5.92 Å². The van der Waals surface area contributed by atoms with Crippen molar-refractivity contribution < 1.29 is 14.5 Å². The van der Waals surface area contributed by atoms with Crippen LogP contribution in [0.4, 0.5) is 5.69 Å². The fourth-order valence-corrected chi connectivity index (χ4v) is 2.05. The lowest BCUT2D eigenvalue weighted by molar-refractivity contribution is -0.384. The molecule has 0 aromatic heterocycles. The number of carbonyl (C=O) groups is 1. The van der Waals surface area contributed by atoms with Crippen LogP contribution in [-0.4, -0.2) is 17.0 Å². The molecule has 1 aromatic carbocycles. The zero-order valence-electron chi connectivity index (χ0n) is 11.1. The summed E-state index contributed by atoms with van der Waals surface area (Å²) in [5.41, 5.74) is -0.279. The first kappa shape index (κ1) is 15.4. The molecule has 0 aliphatic rings. The second kappa shape index (κ2) is 6.52. The average molecular weight is 286 g/mol. The van der Waals surface area contributed by atoms with Gasteiger partial charge in [0.25, 0.3) is 5.69 Å². The molecule has 0 radical (unpaired) electrons. The molecule has 0 spiro atoms. The van der Waals surface area contributed by atoms with Crippen molar-refractivity contribution in [2.45, 2.75) is 33.3 Å². The number of hydrogen-bond acceptors (Lipinski definition) is 4. The maximum Gasteiger partial charge on any atom is 0.340 e. The van der Waals surface area contributed by atoms with E-state index in [9.17, 15) is 14.9 Å². The lowest BCUT2D eigenvalue weighted by Crippen LogP contribution is -2.17. The van der Waals surface area contributed by atoms with Crippen molar-refractivity contribution >= 4 is 23.3 Å². The molecule has 0 fully saturated rings. The van der Waals surface area contributed by atoms with Gasteiger partial charge in [-0.05, 0) is 25.3 Å². The second-order valence-corrected chi connectivity index (χ2v) is 5.12. The molecular weight excluding hydrogens is 270 g/mol. The van der Waals surface area contributed by atoms with Gasteiger partial charge in [-0.1, -0.05) is 31.5 Å². The van der Waals surface area contributed by atoms with E-state index in [0.717, 1.165) is 6.42 Å². The molecule has 0 N–H and O–H groups in total. The molecule has 0 bridgehead atoms. The summed E-state index contributed by atoms with van der Waals surface area (Å²) < 4.78 is 5.22. The Morgan fingerprint density at radius 3 is 2.58 bits per heavy atom. The van der Waals surface area contributed by atoms with E-state index in [-0.39, 0.29) is 22.4 Å². The third-order valence-corrected chi connectivity index (χ3v) is 2.90. The summed E-state index contributed by atoms with van der Waals surface area (Å²) in [4.78, 5) is 22.0. The maximum absolute atomic E-state index is 11.9. The highest BCUT2D eigenvalue weighted by molar-refractivity contribution is 6.35. The standard InChI is InChI=1S/C13H16ClNO4/c1-8(2)7-9(3)19-13(16)10-5-4-6-11(12(10)14)15(17)18/h4-6,8-9H,7H2,1-3H3. The minimum atomic E-state index is -0.637. The Labute approximate surface area is 116 Å². The Kier molecular flexibility index (Phi) is 5.30. The molecule has 6 heteroatoms. The summed E-state index contributed by atoms with van der Waals surface area (Å²) in [7, 11) is 0. The Morgan fingerprint density at radius 2 is 2.05 bits per heavy atom. The Morgan fingerprint density at radius 1 is 1.42 bits per heavy atom. The average Bonchev–Trinajstić information content (AvgIpc) is 2.27. The minimum Gasteiger partial charge on any atom is -0.459 e. The van der Waals surface area contributed by atoms with Crippen LogP contribution in [0.1, 0.15) is 37.6 Å². The predicted octanol–water partition coefficient (Wildman–Crippen LogP) is 3.84. The van der Waals surface area contributed by atoms with Crippen LogP contribution in [-0.2, 0) is 4.74 Å². The smallest absolute Gasteiger partial charge is 0.340 e. The van der Waals surface area contributed by atoms with Gasteiger partial charge in [0.15, 0.2) is 0 Å². The third-order valence-electron chi connectivity index (χ3n) is 2.51. The van der Waals surface area contributed by atoms with Gasteiger partial charge < -0.3 is 4.74 Å². The number of benzene rings is 1. The fourth-order valence-electron chi connectivity index (χ4n) is 1.78. The van der Waals surface area contributed by atoms with E-state index in [1.807, 2.05) is 13.8 Å². The number of nitro benzene ring substituents is 1. The highest BCUT2D eigenvalue weighted by atomic mass is 35.5. The van der Waals surface area contributed by atoms with Gasteiger partial charge in [-0.3, -0.25) is 10.1 Å². The Balaban J connectivity index is 2.89. The van der Waals surface area contributed by atoms with Gasteiger partial charge in [0.1, 0.15) is 5.02 Å². The number of carbonyl (C=O) groups excluding carboxylic acids is 1. The Hall–Kier alpha value is -1.62. The van der Waals surface area contributed by atoms with Gasteiger partial charge in [-0.25, -0.2) is 4.79 Å². The molecule has 104 valence electrons. The molecule has 1 rings (SSSR count). The van der Waals surface area contributed by atoms with Gasteiger partial charge >= 0.3 is 5.97 Å². The van der Waals surface area contributed by atoms with Gasteiger partial charge in [0.2, 0.25) is 0 Å². The van der Waals surface area contributed by atoms with Gasteiger partial charge in [0, 0.05) is 6.07 Å². The molecule has 19 heavy (non-hydrogen) atoms. The number of halogens is 1. The number of esters is 1. The first-order valence-corrected chi connectivity index (χ1v) is 6.34.